The van der Waals surface area contributed by atoms with Gasteiger partial charge >= 0.3 is 0 Å². The third kappa shape index (κ3) is 4.15. The first-order valence-electron chi connectivity index (χ1n) is 9.61. The van der Waals surface area contributed by atoms with Gasteiger partial charge in [-0.15, -0.1) is 0 Å². The summed E-state index contributed by atoms with van der Waals surface area (Å²) in [6.07, 6.45) is 4.95. The van der Waals surface area contributed by atoms with E-state index in [0.29, 0.717) is 54.4 Å². The molecular weight excluding hydrogens is 390 g/mol. The molecule has 0 unspecified atom stereocenters. The molecule has 0 radical (unpaired) electrons. The molecule has 0 bridgehead atoms. The van der Waals surface area contributed by atoms with Crippen molar-refractivity contribution in [1.29, 1.82) is 0 Å². The molecule has 29 heavy (non-hydrogen) atoms. The van der Waals surface area contributed by atoms with Gasteiger partial charge in [0.15, 0.2) is 5.78 Å². The number of fused-ring (bicyclic) bond motifs is 1. The lowest BCUT2D eigenvalue weighted by atomic mass is 9.82. The van der Waals surface area contributed by atoms with E-state index in [1.54, 1.807) is 54.5 Å². The number of likely N-dealkylation sites (tertiary alicyclic amines) is 1. The Morgan fingerprint density at radius 2 is 1.90 bits per heavy atom. The number of hydrogen-bond donors (Lipinski definition) is 0. The van der Waals surface area contributed by atoms with Gasteiger partial charge in [-0.25, -0.2) is 0 Å². The minimum Gasteiger partial charge on any atom is -0.497 e. The van der Waals surface area contributed by atoms with Gasteiger partial charge in [-0.1, -0.05) is 23.7 Å². The van der Waals surface area contributed by atoms with Gasteiger partial charge in [-0.2, -0.15) is 0 Å². The average Bonchev–Trinajstić information content (AvgIpc) is 2.73. The van der Waals surface area contributed by atoms with E-state index in [1.807, 2.05) is 12.1 Å². The van der Waals surface area contributed by atoms with Crippen molar-refractivity contribution in [3.63, 3.8) is 0 Å². The molecule has 0 saturated carbocycles. The topological polar surface area (TPSA) is 55.8 Å². The molecule has 2 heterocycles. The second-order valence-corrected chi connectivity index (χ2v) is 7.89. The molecule has 0 aliphatic carbocycles. The molecule has 1 fully saturated rings. The first-order chi connectivity index (χ1) is 14.0. The van der Waals surface area contributed by atoms with Crippen molar-refractivity contribution in [2.75, 3.05) is 20.2 Å². The van der Waals surface area contributed by atoms with Gasteiger partial charge in [0, 0.05) is 37.0 Å². The summed E-state index contributed by atoms with van der Waals surface area (Å²) < 4.78 is 11.5. The highest BCUT2D eigenvalue weighted by Gasteiger charge is 2.43. The van der Waals surface area contributed by atoms with Crippen molar-refractivity contribution >= 4 is 29.4 Å². The predicted molar refractivity (Wildman–Crippen MR) is 112 cm³/mol. The maximum atomic E-state index is 12.7. The van der Waals surface area contributed by atoms with E-state index in [2.05, 4.69) is 0 Å². The summed E-state index contributed by atoms with van der Waals surface area (Å²) in [6.45, 7) is 1.12. The second-order valence-electron chi connectivity index (χ2n) is 7.46. The zero-order valence-corrected chi connectivity index (χ0v) is 16.9. The lowest BCUT2D eigenvalue weighted by molar-refractivity contribution is -0.129. The Morgan fingerprint density at radius 1 is 1.17 bits per heavy atom. The molecule has 1 spiro atoms. The Bertz CT molecular complexity index is 959. The molecule has 150 valence electrons. The van der Waals surface area contributed by atoms with Crippen molar-refractivity contribution in [3.8, 4) is 11.5 Å². The summed E-state index contributed by atoms with van der Waals surface area (Å²) in [6, 6.07) is 12.6. The van der Waals surface area contributed by atoms with Crippen LogP contribution in [0.5, 0.6) is 11.5 Å². The van der Waals surface area contributed by atoms with E-state index in [9.17, 15) is 9.59 Å². The number of halogens is 1. The van der Waals surface area contributed by atoms with Crippen LogP contribution in [0.15, 0.2) is 48.5 Å². The lowest BCUT2D eigenvalue weighted by Crippen LogP contribution is -2.52. The molecule has 2 aromatic rings. The van der Waals surface area contributed by atoms with Crippen molar-refractivity contribution < 1.29 is 19.1 Å². The van der Waals surface area contributed by atoms with Crippen LogP contribution in [-0.4, -0.2) is 42.4 Å². The molecule has 2 aliphatic heterocycles. The Morgan fingerprint density at radius 3 is 2.59 bits per heavy atom. The van der Waals surface area contributed by atoms with Crippen molar-refractivity contribution in [2.24, 2.45) is 0 Å². The van der Waals surface area contributed by atoms with Crippen LogP contribution in [0.25, 0.3) is 6.08 Å². The van der Waals surface area contributed by atoms with E-state index in [-0.39, 0.29) is 11.7 Å². The van der Waals surface area contributed by atoms with E-state index in [1.165, 1.54) is 0 Å². The number of hydrogen-bond acceptors (Lipinski definition) is 4. The quantitative estimate of drug-likeness (QED) is 0.703. The summed E-state index contributed by atoms with van der Waals surface area (Å²) in [4.78, 5) is 27.0. The monoisotopic (exact) mass is 411 g/mol. The zero-order chi connectivity index (χ0) is 20.4. The van der Waals surface area contributed by atoms with Crippen LogP contribution in [0.1, 0.15) is 35.2 Å². The van der Waals surface area contributed by atoms with Crippen LogP contribution in [0.2, 0.25) is 5.02 Å². The highest BCUT2D eigenvalue weighted by Crippen LogP contribution is 2.40. The van der Waals surface area contributed by atoms with E-state index in [0.717, 1.165) is 5.56 Å². The van der Waals surface area contributed by atoms with Crippen LogP contribution in [0.3, 0.4) is 0 Å². The van der Waals surface area contributed by atoms with Crippen LogP contribution < -0.4 is 9.47 Å². The molecule has 5 nitrogen and oxygen atoms in total. The van der Waals surface area contributed by atoms with Gasteiger partial charge in [-0.3, -0.25) is 9.59 Å². The average molecular weight is 412 g/mol. The zero-order valence-electron chi connectivity index (χ0n) is 16.2. The summed E-state index contributed by atoms with van der Waals surface area (Å²) in [7, 11) is 1.57. The number of carbonyl (C=O) groups excluding carboxylic acids is 2. The molecule has 0 atom stereocenters. The van der Waals surface area contributed by atoms with Crippen LogP contribution >= 0.6 is 11.6 Å². The van der Waals surface area contributed by atoms with Crippen LogP contribution in [-0.2, 0) is 4.79 Å². The van der Waals surface area contributed by atoms with Gasteiger partial charge < -0.3 is 14.4 Å². The number of methoxy groups -OCH3 is 1. The molecule has 4 rings (SSSR count). The van der Waals surface area contributed by atoms with Gasteiger partial charge in [0.25, 0.3) is 0 Å². The lowest BCUT2D eigenvalue weighted by Gasteiger charge is -2.43. The fourth-order valence-corrected chi connectivity index (χ4v) is 3.99. The molecule has 1 saturated heterocycles. The van der Waals surface area contributed by atoms with Crippen LogP contribution in [0, 0.1) is 0 Å². The largest absolute Gasteiger partial charge is 0.497 e. The second kappa shape index (κ2) is 7.91. The molecule has 1 amide bonds. The Labute approximate surface area is 174 Å². The SMILES string of the molecule is COc1ccc2c(c1)C(=O)CC1(CCN(C(=O)/C=C/c3ccc(Cl)cc3)CC1)O2. The fraction of sp³-hybridized carbons (Fsp3) is 0.304. The molecule has 2 aliphatic rings. The van der Waals surface area contributed by atoms with Gasteiger partial charge in [0.05, 0.1) is 19.1 Å². The molecule has 0 N–H and O–H groups in total. The normalized spacial score (nSPS) is 17.9. The molecule has 6 heteroatoms. The highest BCUT2D eigenvalue weighted by atomic mass is 35.5. The first kappa shape index (κ1) is 19.5. The van der Waals surface area contributed by atoms with Crippen molar-refractivity contribution in [1.82, 2.24) is 4.90 Å². The summed E-state index contributed by atoms with van der Waals surface area (Å²) in [5.74, 6) is 1.27. The van der Waals surface area contributed by atoms with Gasteiger partial charge in [0.2, 0.25) is 5.91 Å². The predicted octanol–water partition coefficient (Wildman–Crippen LogP) is 4.39. The maximum Gasteiger partial charge on any atom is 0.246 e. The number of Topliss-reactive ketones (excluding diaryl/α,β-unsaturated/α-hetero) is 1. The number of ether oxygens (including phenoxy) is 2. The summed E-state index contributed by atoms with van der Waals surface area (Å²) in [5, 5.41) is 0.664. The summed E-state index contributed by atoms with van der Waals surface area (Å²) >= 11 is 5.88. The number of rotatable bonds is 3. The maximum absolute atomic E-state index is 12.7. The smallest absolute Gasteiger partial charge is 0.246 e. The van der Waals surface area contributed by atoms with Gasteiger partial charge in [0.1, 0.15) is 17.1 Å². The standard InChI is InChI=1S/C23H22ClNO4/c1-28-18-7-8-21-19(14-18)20(26)15-23(29-21)10-12-25(13-11-23)22(27)9-4-16-2-5-17(24)6-3-16/h2-9,14H,10-13,15H2,1H3/b9-4+. The molecule has 0 aromatic heterocycles. The Balaban J connectivity index is 1.40. The highest BCUT2D eigenvalue weighted by molar-refractivity contribution is 6.30. The first-order valence-corrected chi connectivity index (χ1v) is 9.99. The third-order valence-electron chi connectivity index (χ3n) is 5.57. The number of carbonyl (C=O) groups is 2. The Hall–Kier alpha value is -2.79. The Kier molecular flexibility index (Phi) is 5.33. The number of nitrogens with zero attached hydrogens (tertiary/aromatic N) is 1. The summed E-state index contributed by atoms with van der Waals surface area (Å²) in [5.41, 5.74) is 0.957. The number of piperidine rings is 1. The number of benzene rings is 2. The third-order valence-corrected chi connectivity index (χ3v) is 5.82. The van der Waals surface area contributed by atoms with E-state index >= 15 is 0 Å². The van der Waals surface area contributed by atoms with Gasteiger partial charge in [-0.05, 0) is 42.0 Å². The van der Waals surface area contributed by atoms with E-state index in [4.69, 9.17) is 21.1 Å². The molecule has 2 aromatic carbocycles. The van der Waals surface area contributed by atoms with Crippen molar-refractivity contribution in [3.05, 3.63) is 64.7 Å². The fourth-order valence-electron chi connectivity index (χ4n) is 3.86. The van der Waals surface area contributed by atoms with E-state index < -0.39 is 5.60 Å². The number of amides is 1. The number of ketones is 1. The minimum atomic E-state index is -0.532. The molecular formula is C23H22ClNO4. The van der Waals surface area contributed by atoms with Crippen molar-refractivity contribution in [2.45, 2.75) is 24.9 Å². The van der Waals surface area contributed by atoms with Crippen LogP contribution in [0.4, 0.5) is 0 Å². The minimum absolute atomic E-state index is 0.0397.